The summed E-state index contributed by atoms with van der Waals surface area (Å²) in [5.74, 6) is -0.772. The monoisotopic (exact) mass is 268 g/mol. The number of hydrogen-bond acceptors (Lipinski definition) is 2. The molecule has 3 N–H and O–H groups in total. The van der Waals surface area contributed by atoms with E-state index in [0.717, 1.165) is 5.52 Å². The number of amides is 1. The molecule has 0 fully saturated rings. The molecule has 0 atom stereocenters. The highest BCUT2D eigenvalue weighted by atomic mass is 31.2. The molecule has 6 nitrogen and oxygen atoms in total. The lowest BCUT2D eigenvalue weighted by molar-refractivity contribution is 0.0973. The SMILES string of the molecule is CCn1cc(C(=O)NP(=O)(O)O)c2ccccc21. The highest BCUT2D eigenvalue weighted by Crippen LogP contribution is 2.30. The van der Waals surface area contributed by atoms with Crippen molar-refractivity contribution in [3.63, 3.8) is 0 Å². The van der Waals surface area contributed by atoms with Crippen LogP contribution in [0, 0.1) is 0 Å². The van der Waals surface area contributed by atoms with E-state index in [9.17, 15) is 9.36 Å². The number of nitrogens with one attached hydrogen (secondary N) is 1. The Hall–Kier alpha value is -1.62. The van der Waals surface area contributed by atoms with Gasteiger partial charge in [-0.1, -0.05) is 18.2 Å². The predicted molar refractivity (Wildman–Crippen MR) is 67.1 cm³/mol. The number of carbonyl (C=O) groups is 1. The van der Waals surface area contributed by atoms with E-state index < -0.39 is 13.7 Å². The molecule has 0 spiro atoms. The second-order valence-electron chi connectivity index (χ2n) is 3.83. The number of rotatable bonds is 3. The molecule has 1 amide bonds. The van der Waals surface area contributed by atoms with Crippen LogP contribution >= 0.6 is 7.75 Å². The summed E-state index contributed by atoms with van der Waals surface area (Å²) in [7, 11) is -4.57. The fourth-order valence-electron chi connectivity index (χ4n) is 1.88. The predicted octanol–water partition coefficient (Wildman–Crippen LogP) is 1.48. The van der Waals surface area contributed by atoms with Crippen molar-refractivity contribution < 1.29 is 19.1 Å². The first-order chi connectivity index (χ1) is 8.42. The maximum atomic E-state index is 11.8. The smallest absolute Gasteiger partial charge is 0.347 e. The summed E-state index contributed by atoms with van der Waals surface area (Å²) in [4.78, 5) is 29.3. The van der Waals surface area contributed by atoms with Crippen LogP contribution in [0.1, 0.15) is 17.3 Å². The van der Waals surface area contributed by atoms with Gasteiger partial charge in [0.1, 0.15) is 0 Å². The lowest BCUT2D eigenvalue weighted by Gasteiger charge is -2.04. The third kappa shape index (κ3) is 2.46. The molecular weight excluding hydrogens is 255 g/mol. The van der Waals surface area contributed by atoms with Crippen molar-refractivity contribution in [1.29, 1.82) is 0 Å². The first-order valence-corrected chi connectivity index (χ1v) is 6.99. The molecule has 0 saturated carbocycles. The molecule has 7 heteroatoms. The van der Waals surface area contributed by atoms with Gasteiger partial charge >= 0.3 is 7.75 Å². The normalized spacial score (nSPS) is 11.7. The van der Waals surface area contributed by atoms with Crippen LogP contribution in [0.3, 0.4) is 0 Å². The molecule has 1 heterocycles. The number of benzene rings is 1. The van der Waals surface area contributed by atoms with Crippen LogP contribution in [-0.2, 0) is 11.1 Å². The summed E-state index contributed by atoms with van der Waals surface area (Å²) in [5, 5.41) is 2.35. The molecule has 0 aliphatic carbocycles. The van der Waals surface area contributed by atoms with E-state index in [0.29, 0.717) is 11.9 Å². The van der Waals surface area contributed by atoms with Crippen molar-refractivity contribution in [3.05, 3.63) is 36.0 Å². The average Bonchev–Trinajstić information content (AvgIpc) is 2.65. The van der Waals surface area contributed by atoms with Crippen LogP contribution in [0.2, 0.25) is 0 Å². The fourth-order valence-corrected chi connectivity index (χ4v) is 2.27. The highest BCUT2D eigenvalue weighted by molar-refractivity contribution is 7.50. The minimum atomic E-state index is -4.57. The first kappa shape index (κ1) is 12.8. The summed E-state index contributed by atoms with van der Waals surface area (Å²) in [6.45, 7) is 2.60. The molecule has 96 valence electrons. The van der Waals surface area contributed by atoms with E-state index in [-0.39, 0.29) is 5.56 Å². The molecule has 18 heavy (non-hydrogen) atoms. The number of carbonyl (C=O) groups excluding carboxylic acids is 1. The van der Waals surface area contributed by atoms with E-state index in [4.69, 9.17) is 9.79 Å². The van der Waals surface area contributed by atoms with Gasteiger partial charge in [0.2, 0.25) is 0 Å². The van der Waals surface area contributed by atoms with Crippen LogP contribution in [0.4, 0.5) is 0 Å². The van der Waals surface area contributed by atoms with Gasteiger partial charge in [-0.2, -0.15) is 0 Å². The summed E-state index contributed by atoms with van der Waals surface area (Å²) in [5.41, 5.74) is 1.12. The number of fused-ring (bicyclic) bond motifs is 1. The Balaban J connectivity index is 2.51. The van der Waals surface area contributed by atoms with Gasteiger partial charge in [-0.15, -0.1) is 0 Å². The van der Waals surface area contributed by atoms with Gasteiger partial charge < -0.3 is 14.4 Å². The zero-order valence-electron chi connectivity index (χ0n) is 9.70. The molecule has 2 aromatic rings. The second kappa shape index (κ2) is 4.57. The minimum absolute atomic E-state index is 0.260. The number of aromatic nitrogens is 1. The highest BCUT2D eigenvalue weighted by Gasteiger charge is 2.21. The van der Waals surface area contributed by atoms with Gasteiger partial charge in [0.05, 0.1) is 5.56 Å². The Morgan fingerprint density at radius 2 is 2.06 bits per heavy atom. The van der Waals surface area contributed by atoms with Crippen LogP contribution < -0.4 is 5.09 Å². The van der Waals surface area contributed by atoms with Crippen LogP contribution in [0.25, 0.3) is 10.9 Å². The lowest BCUT2D eigenvalue weighted by atomic mass is 10.2. The van der Waals surface area contributed by atoms with Gasteiger partial charge in [-0.3, -0.25) is 9.88 Å². The third-order valence-corrected chi connectivity index (χ3v) is 3.12. The molecule has 0 unspecified atom stereocenters. The Morgan fingerprint density at radius 3 is 2.67 bits per heavy atom. The molecule has 2 rings (SSSR count). The molecule has 0 saturated heterocycles. The molecule has 1 aromatic heterocycles. The maximum absolute atomic E-state index is 11.8. The van der Waals surface area contributed by atoms with Gasteiger partial charge in [0, 0.05) is 23.6 Å². The van der Waals surface area contributed by atoms with E-state index in [2.05, 4.69) is 0 Å². The molecule has 0 aliphatic heterocycles. The minimum Gasteiger partial charge on any atom is -0.347 e. The molecule has 0 bridgehead atoms. The van der Waals surface area contributed by atoms with Crippen LogP contribution in [0.5, 0.6) is 0 Å². The number of para-hydroxylation sites is 1. The van der Waals surface area contributed by atoms with Crippen LogP contribution in [0.15, 0.2) is 30.5 Å². The topological polar surface area (TPSA) is 91.6 Å². The fraction of sp³-hybridized carbons (Fsp3) is 0.182. The van der Waals surface area contributed by atoms with Crippen molar-refractivity contribution in [2.24, 2.45) is 0 Å². The van der Waals surface area contributed by atoms with Crippen molar-refractivity contribution in [3.8, 4) is 0 Å². The lowest BCUT2D eigenvalue weighted by Crippen LogP contribution is -2.19. The third-order valence-electron chi connectivity index (χ3n) is 2.62. The van der Waals surface area contributed by atoms with E-state index >= 15 is 0 Å². The average molecular weight is 268 g/mol. The Morgan fingerprint density at radius 1 is 1.39 bits per heavy atom. The van der Waals surface area contributed by atoms with Gasteiger partial charge in [-0.05, 0) is 13.0 Å². The zero-order chi connectivity index (χ0) is 13.3. The van der Waals surface area contributed by atoms with Crippen molar-refractivity contribution in [1.82, 2.24) is 9.65 Å². The van der Waals surface area contributed by atoms with E-state index in [1.54, 1.807) is 23.4 Å². The molecule has 0 aliphatic rings. The van der Waals surface area contributed by atoms with Crippen LogP contribution in [-0.4, -0.2) is 20.3 Å². The summed E-state index contributed by atoms with van der Waals surface area (Å²) >= 11 is 0. The van der Waals surface area contributed by atoms with Crippen molar-refractivity contribution in [2.75, 3.05) is 0 Å². The standard InChI is InChI=1S/C11H13N2O4P/c1-2-13-7-9(11(14)12-18(15,16)17)8-5-3-4-6-10(8)13/h3-7H,2H2,1H3,(H3,12,14,15,16,17). The Kier molecular flexibility index (Phi) is 3.26. The Bertz CT molecular complexity index is 644. The molecule has 0 radical (unpaired) electrons. The summed E-state index contributed by atoms with van der Waals surface area (Å²) < 4.78 is 12.6. The van der Waals surface area contributed by atoms with Gasteiger partial charge in [0.25, 0.3) is 5.91 Å². The first-order valence-electron chi connectivity index (χ1n) is 5.38. The largest absolute Gasteiger partial charge is 0.430 e. The quantitative estimate of drug-likeness (QED) is 0.735. The number of hydrogen-bond donors (Lipinski definition) is 3. The summed E-state index contributed by atoms with van der Waals surface area (Å²) in [6, 6.07) is 7.22. The number of nitrogens with zero attached hydrogens (tertiary/aromatic N) is 1. The number of aryl methyl sites for hydroxylation is 1. The Labute approximate surface area is 103 Å². The van der Waals surface area contributed by atoms with Crippen molar-refractivity contribution >= 4 is 24.6 Å². The second-order valence-corrected chi connectivity index (χ2v) is 5.14. The van der Waals surface area contributed by atoms with Crippen molar-refractivity contribution in [2.45, 2.75) is 13.5 Å². The van der Waals surface area contributed by atoms with Gasteiger partial charge in [-0.25, -0.2) is 4.57 Å². The summed E-state index contributed by atoms with van der Waals surface area (Å²) in [6.07, 6.45) is 1.59. The molecule has 1 aromatic carbocycles. The van der Waals surface area contributed by atoms with E-state index in [1.165, 1.54) is 0 Å². The van der Waals surface area contributed by atoms with E-state index in [1.807, 2.05) is 23.6 Å². The van der Waals surface area contributed by atoms with Gasteiger partial charge in [0.15, 0.2) is 0 Å². The maximum Gasteiger partial charge on any atom is 0.430 e. The zero-order valence-corrected chi connectivity index (χ0v) is 10.6. The molecular formula is C11H13N2O4P.